The number of carbonyl (C=O) groups excluding carboxylic acids is 4. The van der Waals surface area contributed by atoms with Gasteiger partial charge in [0.25, 0.3) is 0 Å². The van der Waals surface area contributed by atoms with E-state index >= 15 is 0 Å². The number of carbonyl (C=O) groups is 5. The van der Waals surface area contributed by atoms with Gasteiger partial charge in [0.1, 0.15) is 49.7 Å². The second-order valence-electron chi connectivity index (χ2n) is 7.45. The number of aliphatic hydroxyl groups is 4. The zero-order valence-electron chi connectivity index (χ0n) is 18.2. The Balaban J connectivity index is 2.72. The number of hydrogen-bond donors (Lipinski definition) is 9. The summed E-state index contributed by atoms with van der Waals surface area (Å²) in [6.45, 7) is -1.16. The molecule has 0 aromatic carbocycles. The molecule has 1 fully saturated rings. The molecule has 10 N–H and O–H groups in total. The summed E-state index contributed by atoms with van der Waals surface area (Å²) >= 11 is 0. The monoisotopic (exact) mass is 494 g/mol. The van der Waals surface area contributed by atoms with Crippen molar-refractivity contribution >= 4 is 29.6 Å². The third kappa shape index (κ3) is 8.81. The van der Waals surface area contributed by atoms with Crippen molar-refractivity contribution in [2.75, 3.05) is 19.8 Å². The van der Waals surface area contributed by atoms with Crippen LogP contribution < -0.4 is 21.7 Å². The van der Waals surface area contributed by atoms with E-state index in [4.69, 9.17) is 25.4 Å². The number of nitrogens with two attached hydrogens (primary N) is 1. The highest BCUT2D eigenvalue weighted by atomic mass is 16.6. The number of carboxylic acids is 1. The molecule has 0 bridgehead atoms. The van der Waals surface area contributed by atoms with Gasteiger partial charge in [-0.15, -0.1) is 0 Å². The van der Waals surface area contributed by atoms with E-state index in [-0.39, 0.29) is 6.42 Å². The van der Waals surface area contributed by atoms with Crippen LogP contribution in [0.5, 0.6) is 0 Å². The normalized spacial score (nSPS) is 26.1. The van der Waals surface area contributed by atoms with E-state index < -0.39 is 98.6 Å². The van der Waals surface area contributed by atoms with Crippen molar-refractivity contribution in [2.24, 2.45) is 5.73 Å². The number of amides is 4. The molecule has 194 valence electrons. The molecule has 0 saturated carbocycles. The van der Waals surface area contributed by atoms with Crippen molar-refractivity contribution in [3.8, 4) is 0 Å². The molecule has 1 rings (SSSR count). The Morgan fingerprint density at radius 3 is 2.26 bits per heavy atom. The Hall–Kier alpha value is -2.89. The zero-order chi connectivity index (χ0) is 26.0. The van der Waals surface area contributed by atoms with E-state index in [1.165, 1.54) is 6.92 Å². The van der Waals surface area contributed by atoms with Crippen LogP contribution in [0.4, 0.5) is 0 Å². The fourth-order valence-electron chi connectivity index (χ4n) is 3.04. The van der Waals surface area contributed by atoms with Gasteiger partial charge in [-0.3, -0.25) is 24.0 Å². The summed E-state index contributed by atoms with van der Waals surface area (Å²) in [5.74, 6) is -4.80. The Labute approximate surface area is 193 Å². The van der Waals surface area contributed by atoms with Crippen molar-refractivity contribution in [1.82, 2.24) is 16.0 Å². The molecular formula is C18H30N4O12. The van der Waals surface area contributed by atoms with Crippen LogP contribution in [0.15, 0.2) is 0 Å². The number of aliphatic carboxylic acids is 1. The van der Waals surface area contributed by atoms with Gasteiger partial charge in [0, 0.05) is 6.42 Å². The van der Waals surface area contributed by atoms with E-state index in [1.54, 1.807) is 0 Å². The molecule has 16 heteroatoms. The molecule has 0 spiro atoms. The second-order valence-corrected chi connectivity index (χ2v) is 7.45. The van der Waals surface area contributed by atoms with Gasteiger partial charge in [0.05, 0.1) is 6.61 Å². The molecule has 1 aliphatic rings. The van der Waals surface area contributed by atoms with E-state index in [0.29, 0.717) is 0 Å². The summed E-state index contributed by atoms with van der Waals surface area (Å²) in [6.07, 6.45) is -6.75. The molecule has 34 heavy (non-hydrogen) atoms. The van der Waals surface area contributed by atoms with Gasteiger partial charge in [-0.2, -0.15) is 0 Å². The van der Waals surface area contributed by atoms with Gasteiger partial charge >= 0.3 is 5.97 Å². The standard InChI is InChI=1S/C18H30N4O12/c1-7(17(31)21-8(16(19)30)2-3-12(27)28)20-11(26)6-33-15-13(22-10(25)5-24)18(32)34-9(4-23)14(15)29/h7-9,13-15,18,23-24,29,32H,2-6H2,1H3,(H2,19,30)(H,20,26)(H,21,31)(H,22,25)(H,27,28)/t7-,8+,9+,13+,14+,15+,18+/m0/s1. The molecule has 0 unspecified atom stereocenters. The molecule has 1 saturated heterocycles. The van der Waals surface area contributed by atoms with Gasteiger partial charge in [0.15, 0.2) is 6.29 Å². The van der Waals surface area contributed by atoms with Crippen LogP contribution in [-0.2, 0) is 33.4 Å². The minimum absolute atomic E-state index is 0.253. The maximum atomic E-state index is 12.2. The van der Waals surface area contributed by atoms with Crippen molar-refractivity contribution in [3.63, 3.8) is 0 Å². The molecular weight excluding hydrogens is 464 g/mol. The van der Waals surface area contributed by atoms with E-state index in [9.17, 15) is 39.3 Å². The lowest BCUT2D eigenvalue weighted by atomic mass is 9.96. The van der Waals surface area contributed by atoms with Gasteiger partial charge in [-0.25, -0.2) is 0 Å². The van der Waals surface area contributed by atoms with Gasteiger partial charge in [0.2, 0.25) is 23.6 Å². The fourth-order valence-corrected chi connectivity index (χ4v) is 3.04. The molecule has 0 aromatic rings. The minimum Gasteiger partial charge on any atom is -0.481 e. The van der Waals surface area contributed by atoms with Crippen LogP contribution in [0.1, 0.15) is 19.8 Å². The molecule has 7 atom stereocenters. The lowest BCUT2D eigenvalue weighted by molar-refractivity contribution is -0.261. The van der Waals surface area contributed by atoms with Gasteiger partial charge < -0.3 is 56.7 Å². The molecule has 0 aliphatic carbocycles. The van der Waals surface area contributed by atoms with Crippen LogP contribution in [-0.4, -0.2) is 118 Å². The Morgan fingerprint density at radius 2 is 1.74 bits per heavy atom. The first-order chi connectivity index (χ1) is 15.9. The van der Waals surface area contributed by atoms with E-state index in [0.717, 1.165) is 0 Å². The predicted octanol–water partition coefficient (Wildman–Crippen LogP) is -5.74. The maximum Gasteiger partial charge on any atom is 0.303 e. The fraction of sp³-hybridized carbons (Fsp3) is 0.722. The van der Waals surface area contributed by atoms with Crippen LogP contribution in [0.25, 0.3) is 0 Å². The van der Waals surface area contributed by atoms with Gasteiger partial charge in [-0.05, 0) is 13.3 Å². The highest BCUT2D eigenvalue weighted by Crippen LogP contribution is 2.22. The van der Waals surface area contributed by atoms with Crippen molar-refractivity contribution < 1.29 is 59.0 Å². The summed E-state index contributed by atoms with van der Waals surface area (Å²) < 4.78 is 10.3. The molecule has 16 nitrogen and oxygen atoms in total. The Kier molecular flexibility index (Phi) is 11.8. The third-order valence-corrected chi connectivity index (χ3v) is 4.83. The lowest BCUT2D eigenvalue weighted by Gasteiger charge is -2.42. The number of aliphatic hydroxyl groups excluding tert-OH is 4. The summed E-state index contributed by atoms with van der Waals surface area (Å²) in [6, 6.07) is -3.89. The number of rotatable bonds is 13. The smallest absolute Gasteiger partial charge is 0.303 e. The SMILES string of the molecule is C[C@H](NC(=O)CO[C@H]1[C@H](O)[C@@H](CO)O[C@@H](O)[C@@H]1NC(=O)CO)C(=O)N[C@H](CCC(=O)O)C(N)=O. The van der Waals surface area contributed by atoms with Crippen molar-refractivity contribution in [3.05, 3.63) is 0 Å². The quantitative estimate of drug-likeness (QED) is 0.116. The highest BCUT2D eigenvalue weighted by Gasteiger charge is 2.46. The first-order valence-electron chi connectivity index (χ1n) is 10.2. The molecule has 0 radical (unpaired) electrons. The molecule has 0 aromatic heterocycles. The molecule has 4 amide bonds. The topological polar surface area (TPSA) is 267 Å². The van der Waals surface area contributed by atoms with Crippen LogP contribution >= 0.6 is 0 Å². The van der Waals surface area contributed by atoms with E-state index in [1.807, 2.05) is 0 Å². The van der Waals surface area contributed by atoms with Crippen LogP contribution in [0, 0.1) is 0 Å². The number of ether oxygens (including phenoxy) is 2. The third-order valence-electron chi connectivity index (χ3n) is 4.83. The highest BCUT2D eigenvalue weighted by molar-refractivity contribution is 5.91. The van der Waals surface area contributed by atoms with Gasteiger partial charge in [-0.1, -0.05) is 0 Å². The summed E-state index contributed by atoms with van der Waals surface area (Å²) in [5, 5.41) is 53.9. The predicted molar refractivity (Wildman–Crippen MR) is 108 cm³/mol. The Bertz CT molecular complexity index is 750. The number of carboxylic acid groups (broad SMARTS) is 1. The average Bonchev–Trinajstić information content (AvgIpc) is 2.77. The first-order valence-corrected chi connectivity index (χ1v) is 10.2. The second kappa shape index (κ2) is 13.7. The van der Waals surface area contributed by atoms with Crippen LogP contribution in [0.2, 0.25) is 0 Å². The lowest BCUT2D eigenvalue weighted by Crippen LogP contribution is -2.65. The first kappa shape index (κ1) is 29.1. The summed E-state index contributed by atoms with van der Waals surface area (Å²) in [7, 11) is 0. The van der Waals surface area contributed by atoms with Crippen LogP contribution in [0.3, 0.4) is 0 Å². The molecule has 1 heterocycles. The number of nitrogens with one attached hydrogen (secondary N) is 3. The maximum absolute atomic E-state index is 12.2. The van der Waals surface area contributed by atoms with Crippen molar-refractivity contribution in [1.29, 1.82) is 0 Å². The average molecular weight is 494 g/mol. The largest absolute Gasteiger partial charge is 0.481 e. The number of hydrogen-bond acceptors (Lipinski definition) is 11. The molecule has 1 aliphatic heterocycles. The number of primary amides is 1. The Morgan fingerprint density at radius 1 is 1.09 bits per heavy atom. The summed E-state index contributed by atoms with van der Waals surface area (Å²) in [4.78, 5) is 58.0. The minimum atomic E-state index is -1.75. The van der Waals surface area contributed by atoms with E-state index in [2.05, 4.69) is 16.0 Å². The van der Waals surface area contributed by atoms with Crippen molar-refractivity contribution in [2.45, 2.75) is 62.5 Å². The summed E-state index contributed by atoms with van der Waals surface area (Å²) in [5.41, 5.74) is 5.14. The zero-order valence-corrected chi connectivity index (χ0v) is 18.2.